The molecule has 0 spiro atoms. The number of aliphatic hydroxyl groups excluding tert-OH is 1. The second-order valence-corrected chi connectivity index (χ2v) is 7.36. The van der Waals surface area contributed by atoms with Crippen LogP contribution in [0.4, 0.5) is 0 Å². The summed E-state index contributed by atoms with van der Waals surface area (Å²) in [5, 5.41) is 9.23. The first kappa shape index (κ1) is 19.2. The fourth-order valence-electron chi connectivity index (χ4n) is 3.79. The van der Waals surface area contributed by atoms with Crippen molar-refractivity contribution in [2.24, 2.45) is 5.41 Å². The van der Waals surface area contributed by atoms with Crippen LogP contribution in [0.5, 0.6) is 5.75 Å². The van der Waals surface area contributed by atoms with Crippen LogP contribution in [0.2, 0.25) is 10.0 Å². The molecule has 1 aromatic carbocycles. The van der Waals surface area contributed by atoms with Gasteiger partial charge in [0.25, 0.3) is 0 Å². The van der Waals surface area contributed by atoms with Crippen LogP contribution in [0.3, 0.4) is 0 Å². The van der Waals surface area contributed by atoms with Gasteiger partial charge in [0.15, 0.2) is 12.4 Å². The lowest BCUT2D eigenvalue weighted by Crippen LogP contribution is -2.24. The molecule has 0 heterocycles. The van der Waals surface area contributed by atoms with Crippen molar-refractivity contribution in [1.82, 2.24) is 0 Å². The van der Waals surface area contributed by atoms with Gasteiger partial charge in [-0.3, -0.25) is 4.79 Å². The third-order valence-corrected chi connectivity index (χ3v) is 6.01. The van der Waals surface area contributed by atoms with Gasteiger partial charge in [0.2, 0.25) is 0 Å². The number of rotatable bonds is 6. The molecular weight excluding hydrogens is 379 g/mol. The third-order valence-electron chi connectivity index (χ3n) is 5.16. The normalized spacial score (nSPS) is 21.1. The van der Waals surface area contributed by atoms with Crippen molar-refractivity contribution >= 4 is 40.5 Å². The Morgan fingerprint density at radius 3 is 2.81 bits per heavy atom. The van der Waals surface area contributed by atoms with Gasteiger partial charge >= 0.3 is 5.97 Å². The number of hydrogen-bond acceptors (Lipinski definition) is 5. The Bertz CT molecular complexity index is 787. The minimum Gasteiger partial charge on any atom is -0.480 e. The molecule has 0 saturated heterocycles. The van der Waals surface area contributed by atoms with E-state index >= 15 is 0 Å². The van der Waals surface area contributed by atoms with Crippen molar-refractivity contribution in [3.8, 4) is 5.75 Å². The molecule has 1 atom stereocenters. The van der Waals surface area contributed by atoms with Gasteiger partial charge in [-0.2, -0.15) is 0 Å². The highest BCUT2D eigenvalue weighted by atomic mass is 35.5. The summed E-state index contributed by atoms with van der Waals surface area (Å²) in [5.41, 5.74) is 2.66. The molecule has 3 rings (SSSR count). The fraction of sp³-hybridized carbons (Fsp3) is 0.474. The number of allylic oxidation sites excluding steroid dienone is 2. The highest BCUT2D eigenvalue weighted by Gasteiger charge is 2.44. The standard InChI is InChI=1S/C19H20Cl2O5/c1-2-19-4-3-12(23)8-13(19)16-11(9-19)7-14(17(20)18(16)21)26-10-15(24)25-6-5-22/h7-8,22H,2-6,9-10H2,1H3. The molecule has 2 aliphatic carbocycles. The number of carbonyl (C=O) groups is 2. The van der Waals surface area contributed by atoms with Crippen LogP contribution in [0.1, 0.15) is 37.3 Å². The van der Waals surface area contributed by atoms with Crippen molar-refractivity contribution in [2.45, 2.75) is 32.6 Å². The van der Waals surface area contributed by atoms with E-state index in [1.165, 1.54) is 0 Å². The third kappa shape index (κ3) is 3.36. The molecule has 1 aromatic rings. The molecule has 1 N–H and O–H groups in total. The Hall–Kier alpha value is -1.56. The predicted molar refractivity (Wildman–Crippen MR) is 98.6 cm³/mol. The smallest absolute Gasteiger partial charge is 0.344 e. The number of fused-ring (bicyclic) bond motifs is 3. The first-order valence-electron chi connectivity index (χ1n) is 8.57. The van der Waals surface area contributed by atoms with Crippen molar-refractivity contribution in [2.75, 3.05) is 19.8 Å². The van der Waals surface area contributed by atoms with E-state index in [1.807, 2.05) is 0 Å². The minimum atomic E-state index is -0.598. The Balaban J connectivity index is 1.91. The quantitative estimate of drug-likeness (QED) is 0.740. The number of hydrogen-bond donors (Lipinski definition) is 1. The van der Waals surface area contributed by atoms with Crippen LogP contribution in [0, 0.1) is 5.41 Å². The van der Waals surface area contributed by atoms with E-state index in [2.05, 4.69) is 6.92 Å². The number of ketones is 1. The molecule has 7 heteroatoms. The van der Waals surface area contributed by atoms with Crippen LogP contribution < -0.4 is 4.74 Å². The maximum absolute atomic E-state index is 12.0. The number of halogens is 2. The molecule has 1 unspecified atom stereocenters. The lowest BCUT2D eigenvalue weighted by Gasteiger charge is -2.32. The van der Waals surface area contributed by atoms with Gasteiger partial charge in [-0.05, 0) is 42.5 Å². The highest BCUT2D eigenvalue weighted by molar-refractivity contribution is 6.44. The van der Waals surface area contributed by atoms with Crippen LogP contribution in [-0.2, 0) is 20.7 Å². The van der Waals surface area contributed by atoms with Crippen LogP contribution in [-0.4, -0.2) is 36.7 Å². The summed E-state index contributed by atoms with van der Waals surface area (Å²) < 4.78 is 10.2. The zero-order valence-electron chi connectivity index (χ0n) is 14.4. The topological polar surface area (TPSA) is 72.8 Å². The molecule has 0 radical (unpaired) electrons. The van der Waals surface area contributed by atoms with E-state index in [0.29, 0.717) is 17.2 Å². The van der Waals surface area contributed by atoms with Gasteiger partial charge in [-0.25, -0.2) is 4.79 Å². The molecule has 0 aliphatic heterocycles. The number of benzene rings is 1. The highest BCUT2D eigenvalue weighted by Crippen LogP contribution is 2.57. The zero-order chi connectivity index (χ0) is 18.9. The number of ether oxygens (including phenoxy) is 2. The van der Waals surface area contributed by atoms with E-state index in [1.54, 1.807) is 12.1 Å². The lowest BCUT2D eigenvalue weighted by molar-refractivity contribution is -0.147. The summed E-state index contributed by atoms with van der Waals surface area (Å²) in [6.45, 7) is 1.46. The Labute approximate surface area is 161 Å². The molecule has 2 aliphatic rings. The van der Waals surface area contributed by atoms with Gasteiger partial charge < -0.3 is 14.6 Å². The van der Waals surface area contributed by atoms with E-state index in [-0.39, 0.29) is 36.0 Å². The summed E-state index contributed by atoms with van der Waals surface area (Å²) in [4.78, 5) is 23.5. The SMILES string of the molecule is CCC12CCC(=O)C=C1c1c(cc(OCC(=O)OCCO)c(Cl)c1Cl)C2. The molecule has 26 heavy (non-hydrogen) atoms. The molecule has 0 fully saturated rings. The summed E-state index contributed by atoms with van der Waals surface area (Å²) in [6, 6.07) is 1.80. The van der Waals surface area contributed by atoms with Crippen molar-refractivity contribution in [3.63, 3.8) is 0 Å². The molecule has 0 aromatic heterocycles. The van der Waals surface area contributed by atoms with E-state index in [0.717, 1.165) is 36.0 Å². The predicted octanol–water partition coefficient (Wildman–Crippen LogP) is 3.61. The molecular formula is C19H20Cl2O5. The van der Waals surface area contributed by atoms with Crippen LogP contribution in [0.25, 0.3) is 5.57 Å². The van der Waals surface area contributed by atoms with Gasteiger partial charge in [-0.15, -0.1) is 0 Å². The van der Waals surface area contributed by atoms with Gasteiger partial charge in [0, 0.05) is 17.4 Å². The molecule has 0 amide bonds. The van der Waals surface area contributed by atoms with Crippen molar-refractivity contribution in [3.05, 3.63) is 33.3 Å². The van der Waals surface area contributed by atoms with Crippen molar-refractivity contribution < 1.29 is 24.2 Å². The summed E-state index contributed by atoms with van der Waals surface area (Å²) in [6.07, 6.45) is 4.70. The second-order valence-electron chi connectivity index (χ2n) is 6.60. The van der Waals surface area contributed by atoms with Crippen molar-refractivity contribution in [1.29, 1.82) is 0 Å². The minimum absolute atomic E-state index is 0.0813. The van der Waals surface area contributed by atoms with Gasteiger partial charge in [-0.1, -0.05) is 30.1 Å². The largest absolute Gasteiger partial charge is 0.480 e. The first-order chi connectivity index (χ1) is 12.4. The number of carbonyl (C=O) groups excluding carboxylic acids is 2. The maximum atomic E-state index is 12.0. The summed E-state index contributed by atoms with van der Waals surface area (Å²) >= 11 is 12.9. The number of aliphatic hydroxyl groups is 1. The molecule has 140 valence electrons. The summed E-state index contributed by atoms with van der Waals surface area (Å²) in [7, 11) is 0. The lowest BCUT2D eigenvalue weighted by atomic mass is 9.71. The first-order valence-corrected chi connectivity index (χ1v) is 9.33. The molecule has 0 saturated carbocycles. The van der Waals surface area contributed by atoms with E-state index < -0.39 is 5.97 Å². The fourth-order valence-corrected chi connectivity index (χ4v) is 4.31. The van der Waals surface area contributed by atoms with Crippen LogP contribution in [0.15, 0.2) is 12.1 Å². The average Bonchev–Trinajstić information content (AvgIpc) is 2.95. The second kappa shape index (κ2) is 7.59. The molecule has 5 nitrogen and oxygen atoms in total. The number of esters is 1. The molecule has 0 bridgehead atoms. The summed E-state index contributed by atoms with van der Waals surface area (Å²) in [5.74, 6) is -0.178. The van der Waals surface area contributed by atoms with E-state index in [4.69, 9.17) is 37.8 Å². The average molecular weight is 399 g/mol. The zero-order valence-corrected chi connectivity index (χ0v) is 16.0. The Kier molecular flexibility index (Phi) is 5.61. The Morgan fingerprint density at radius 1 is 1.35 bits per heavy atom. The maximum Gasteiger partial charge on any atom is 0.344 e. The Morgan fingerprint density at radius 2 is 2.12 bits per heavy atom. The van der Waals surface area contributed by atoms with Crippen LogP contribution >= 0.6 is 23.2 Å². The van der Waals surface area contributed by atoms with Gasteiger partial charge in [0.1, 0.15) is 17.4 Å². The van der Waals surface area contributed by atoms with Gasteiger partial charge in [0.05, 0.1) is 11.6 Å². The monoisotopic (exact) mass is 398 g/mol. The van der Waals surface area contributed by atoms with E-state index in [9.17, 15) is 9.59 Å².